The summed E-state index contributed by atoms with van der Waals surface area (Å²) < 4.78 is 10.8. The van der Waals surface area contributed by atoms with Gasteiger partial charge in [0.25, 0.3) is 5.91 Å². The molecule has 3 aromatic rings. The second-order valence-electron chi connectivity index (χ2n) is 6.45. The lowest BCUT2D eigenvalue weighted by atomic mass is 10.2. The minimum atomic E-state index is -0.195. The predicted molar refractivity (Wildman–Crippen MR) is 114 cm³/mol. The summed E-state index contributed by atoms with van der Waals surface area (Å²) >= 11 is 1.55. The molecule has 0 bridgehead atoms. The third-order valence-corrected chi connectivity index (χ3v) is 4.85. The fourth-order valence-corrected chi connectivity index (χ4v) is 3.29. The second kappa shape index (κ2) is 11.2. The molecule has 8 nitrogen and oxygen atoms in total. The van der Waals surface area contributed by atoms with Crippen LogP contribution in [-0.2, 0) is 16.0 Å². The number of carbonyl (C=O) groups excluding carboxylic acids is 2. The Hall–Kier alpha value is -3.04. The predicted octanol–water partition coefficient (Wildman–Crippen LogP) is 3.53. The molecule has 2 amide bonds. The molecule has 0 saturated heterocycles. The smallest absolute Gasteiger partial charge is 0.251 e. The molecule has 0 fully saturated rings. The van der Waals surface area contributed by atoms with E-state index in [0.29, 0.717) is 49.2 Å². The van der Waals surface area contributed by atoms with Crippen LogP contribution in [0, 0.1) is 0 Å². The number of nitrogens with one attached hydrogen (secondary N) is 2. The molecule has 1 aromatic carbocycles. The highest BCUT2D eigenvalue weighted by atomic mass is 32.1. The van der Waals surface area contributed by atoms with Crippen molar-refractivity contribution in [3.8, 4) is 11.5 Å². The van der Waals surface area contributed by atoms with Gasteiger partial charge in [-0.25, -0.2) is 0 Å². The van der Waals surface area contributed by atoms with Gasteiger partial charge in [-0.05, 0) is 43.0 Å². The van der Waals surface area contributed by atoms with Crippen molar-refractivity contribution in [1.82, 2.24) is 15.5 Å². The lowest BCUT2D eigenvalue weighted by molar-refractivity contribution is -0.116. The van der Waals surface area contributed by atoms with E-state index in [4.69, 9.17) is 9.15 Å². The lowest BCUT2D eigenvalue weighted by Crippen LogP contribution is -2.25. The van der Waals surface area contributed by atoms with Crippen molar-refractivity contribution in [2.24, 2.45) is 0 Å². The number of hydrogen-bond donors (Lipinski definition) is 2. The number of carbonyl (C=O) groups is 2. The molecular formula is C21H24N4O4S. The molecule has 0 unspecified atom stereocenters. The zero-order chi connectivity index (χ0) is 21.2. The van der Waals surface area contributed by atoms with Gasteiger partial charge < -0.3 is 19.8 Å². The number of anilines is 1. The van der Waals surface area contributed by atoms with Gasteiger partial charge in [0.05, 0.1) is 0 Å². The normalized spacial score (nSPS) is 10.7. The first-order chi connectivity index (χ1) is 14.7. The van der Waals surface area contributed by atoms with Crippen LogP contribution in [0.15, 0.2) is 45.5 Å². The third-order valence-electron chi connectivity index (χ3n) is 4.16. The van der Waals surface area contributed by atoms with Gasteiger partial charge in [-0.15, -0.1) is 10.2 Å². The van der Waals surface area contributed by atoms with Crippen molar-refractivity contribution in [2.45, 2.75) is 26.2 Å². The molecule has 0 radical (unpaired) electrons. The zero-order valence-electron chi connectivity index (χ0n) is 16.7. The van der Waals surface area contributed by atoms with E-state index in [1.54, 1.807) is 35.6 Å². The minimum Gasteiger partial charge on any atom is -0.421 e. The van der Waals surface area contributed by atoms with Crippen LogP contribution in [0.3, 0.4) is 0 Å². The molecule has 0 saturated carbocycles. The summed E-state index contributed by atoms with van der Waals surface area (Å²) in [5.41, 5.74) is 1.92. The van der Waals surface area contributed by atoms with Gasteiger partial charge in [-0.1, -0.05) is 6.07 Å². The molecule has 2 aromatic heterocycles. The number of rotatable bonds is 11. The molecule has 0 atom stereocenters. The van der Waals surface area contributed by atoms with E-state index in [9.17, 15) is 9.59 Å². The van der Waals surface area contributed by atoms with E-state index in [1.165, 1.54) is 0 Å². The maximum atomic E-state index is 12.3. The zero-order valence-corrected chi connectivity index (χ0v) is 17.5. The van der Waals surface area contributed by atoms with Crippen LogP contribution in [0.25, 0.3) is 11.5 Å². The number of amides is 2. The highest BCUT2D eigenvalue weighted by Crippen LogP contribution is 2.21. The molecule has 3 rings (SSSR count). The number of hydrogen-bond acceptors (Lipinski definition) is 7. The van der Waals surface area contributed by atoms with E-state index in [1.807, 2.05) is 23.8 Å². The van der Waals surface area contributed by atoms with Crippen molar-refractivity contribution < 1.29 is 18.7 Å². The number of thiophene rings is 1. The number of aromatic nitrogens is 2. The Bertz CT molecular complexity index is 956. The molecule has 30 heavy (non-hydrogen) atoms. The van der Waals surface area contributed by atoms with E-state index >= 15 is 0 Å². The van der Waals surface area contributed by atoms with Gasteiger partial charge in [0.2, 0.25) is 17.7 Å². The number of ether oxygens (including phenoxy) is 1. The summed E-state index contributed by atoms with van der Waals surface area (Å²) in [4.78, 5) is 24.5. The van der Waals surface area contributed by atoms with Gasteiger partial charge in [-0.2, -0.15) is 11.3 Å². The van der Waals surface area contributed by atoms with Crippen LogP contribution in [0.1, 0.15) is 36.0 Å². The van der Waals surface area contributed by atoms with Gasteiger partial charge in [0.15, 0.2) is 0 Å². The fraction of sp³-hybridized carbons (Fsp3) is 0.333. The van der Waals surface area contributed by atoms with Crippen LogP contribution in [0.5, 0.6) is 0 Å². The Labute approximate surface area is 178 Å². The van der Waals surface area contributed by atoms with Crippen LogP contribution in [0.4, 0.5) is 5.69 Å². The van der Waals surface area contributed by atoms with Crippen LogP contribution < -0.4 is 10.6 Å². The molecule has 0 aliphatic carbocycles. The molecular weight excluding hydrogens is 404 g/mol. The quantitative estimate of drug-likeness (QED) is 0.453. The van der Waals surface area contributed by atoms with Crippen molar-refractivity contribution in [2.75, 3.05) is 25.1 Å². The van der Waals surface area contributed by atoms with Gasteiger partial charge in [0.1, 0.15) is 0 Å². The molecule has 2 N–H and O–H groups in total. The van der Waals surface area contributed by atoms with Gasteiger partial charge in [-0.3, -0.25) is 9.59 Å². The molecule has 0 spiro atoms. The monoisotopic (exact) mass is 428 g/mol. The number of nitrogens with zero attached hydrogens (tertiary/aromatic N) is 2. The molecule has 0 aliphatic rings. The average molecular weight is 429 g/mol. The molecule has 9 heteroatoms. The van der Waals surface area contributed by atoms with E-state index < -0.39 is 0 Å². The molecule has 158 valence electrons. The average Bonchev–Trinajstić information content (AvgIpc) is 3.44. The summed E-state index contributed by atoms with van der Waals surface area (Å²) in [5, 5.41) is 17.5. The SMILES string of the molecule is CCOCCCNC(=O)c1cccc(NC(=O)CCc2nnc(-c3ccsc3)o2)c1. The minimum absolute atomic E-state index is 0.186. The molecule has 0 aliphatic heterocycles. The Morgan fingerprint density at radius 2 is 2.13 bits per heavy atom. The lowest BCUT2D eigenvalue weighted by Gasteiger charge is -2.08. The maximum Gasteiger partial charge on any atom is 0.251 e. The topological polar surface area (TPSA) is 106 Å². The summed E-state index contributed by atoms with van der Waals surface area (Å²) in [6.07, 6.45) is 1.28. The fourth-order valence-electron chi connectivity index (χ4n) is 2.66. The van der Waals surface area contributed by atoms with Crippen molar-refractivity contribution >= 4 is 28.8 Å². The number of aryl methyl sites for hydroxylation is 1. The highest BCUT2D eigenvalue weighted by molar-refractivity contribution is 7.08. The first kappa shape index (κ1) is 21.7. The van der Waals surface area contributed by atoms with Crippen LogP contribution in [0.2, 0.25) is 0 Å². The standard InChI is InChI=1S/C21H24N4O4S/c1-2-28-11-4-10-22-20(27)15-5-3-6-17(13-15)23-18(26)7-8-19-24-25-21(29-19)16-9-12-30-14-16/h3,5-6,9,12-14H,2,4,7-8,10-11H2,1H3,(H,22,27)(H,23,26). The van der Waals surface area contributed by atoms with Gasteiger partial charge in [0, 0.05) is 54.8 Å². The highest BCUT2D eigenvalue weighted by Gasteiger charge is 2.12. The van der Waals surface area contributed by atoms with E-state index in [2.05, 4.69) is 20.8 Å². The summed E-state index contributed by atoms with van der Waals surface area (Å²) in [6.45, 7) is 3.75. The van der Waals surface area contributed by atoms with E-state index in [-0.39, 0.29) is 18.2 Å². The summed E-state index contributed by atoms with van der Waals surface area (Å²) in [7, 11) is 0. The van der Waals surface area contributed by atoms with Crippen molar-refractivity contribution in [1.29, 1.82) is 0 Å². The molecule has 2 heterocycles. The Morgan fingerprint density at radius 1 is 1.23 bits per heavy atom. The first-order valence-corrected chi connectivity index (χ1v) is 10.7. The largest absolute Gasteiger partial charge is 0.421 e. The Kier molecular flexibility index (Phi) is 8.10. The second-order valence-corrected chi connectivity index (χ2v) is 7.23. The Balaban J connectivity index is 1.46. The maximum absolute atomic E-state index is 12.3. The summed E-state index contributed by atoms with van der Waals surface area (Å²) in [6, 6.07) is 8.73. The van der Waals surface area contributed by atoms with Gasteiger partial charge >= 0.3 is 0 Å². The number of benzene rings is 1. The van der Waals surface area contributed by atoms with Crippen LogP contribution >= 0.6 is 11.3 Å². The third kappa shape index (κ3) is 6.50. The van der Waals surface area contributed by atoms with Crippen molar-refractivity contribution in [3.63, 3.8) is 0 Å². The van der Waals surface area contributed by atoms with E-state index in [0.717, 1.165) is 12.0 Å². The summed E-state index contributed by atoms with van der Waals surface area (Å²) in [5.74, 6) is 0.479. The first-order valence-electron chi connectivity index (χ1n) is 9.76. The van der Waals surface area contributed by atoms with Crippen LogP contribution in [-0.4, -0.2) is 41.8 Å². The van der Waals surface area contributed by atoms with Crippen molar-refractivity contribution in [3.05, 3.63) is 52.5 Å². The Morgan fingerprint density at radius 3 is 2.93 bits per heavy atom.